The Kier molecular flexibility index (Phi) is 10.2. The fourth-order valence-electron chi connectivity index (χ4n) is 6.44. The van der Waals surface area contributed by atoms with Crippen LogP contribution in [0.5, 0.6) is 11.5 Å². The summed E-state index contributed by atoms with van der Waals surface area (Å²) in [6, 6.07) is 14.1. The number of nitrogens with one attached hydrogen (secondary N) is 2. The van der Waals surface area contributed by atoms with Gasteiger partial charge in [-0.25, -0.2) is 18.8 Å². The number of carbonyl (C=O) groups excluding carboxylic acids is 2. The fraction of sp³-hybridized carbons (Fsp3) is 0.371. The first kappa shape index (κ1) is 34.0. The van der Waals surface area contributed by atoms with E-state index in [4.69, 9.17) is 26.1 Å². The van der Waals surface area contributed by atoms with E-state index in [0.717, 1.165) is 19.4 Å². The number of hydrogen-bond acceptors (Lipinski definition) is 8. The van der Waals surface area contributed by atoms with E-state index in [1.807, 2.05) is 9.91 Å². The predicted molar refractivity (Wildman–Crippen MR) is 191 cm³/mol. The van der Waals surface area contributed by atoms with Gasteiger partial charge < -0.3 is 30.0 Å². The second-order valence-corrected chi connectivity index (χ2v) is 12.5. The van der Waals surface area contributed by atoms with E-state index in [0.29, 0.717) is 71.4 Å². The molecule has 0 spiro atoms. The number of benzene rings is 3. The van der Waals surface area contributed by atoms with Crippen LogP contribution < -0.4 is 35.6 Å². The van der Waals surface area contributed by atoms with Crippen LogP contribution in [0.4, 0.5) is 20.6 Å². The third-order valence-electron chi connectivity index (χ3n) is 9.03. The molecule has 2 aliphatic rings. The molecule has 1 unspecified atom stereocenters. The molecule has 14 heteroatoms. The fourth-order valence-corrected chi connectivity index (χ4v) is 6.60. The number of nitrogens with zero attached hydrogens (tertiary/aromatic N) is 5. The maximum Gasteiger partial charge on any atom is 0.327 e. The van der Waals surface area contributed by atoms with Crippen LogP contribution in [0.3, 0.4) is 0 Å². The van der Waals surface area contributed by atoms with Crippen LogP contribution in [0.1, 0.15) is 40.9 Å². The normalized spacial score (nSPS) is 16.8. The molecule has 2 saturated heterocycles. The quantitative estimate of drug-likeness (QED) is 0.238. The molecule has 3 amide bonds. The van der Waals surface area contributed by atoms with Gasteiger partial charge in [0.15, 0.2) is 5.82 Å². The molecule has 2 atom stereocenters. The number of carbonyl (C=O) groups is 2. The van der Waals surface area contributed by atoms with E-state index in [9.17, 15) is 18.8 Å². The number of urea groups is 1. The molecule has 4 aromatic rings. The number of piperazine rings is 1. The molecule has 2 fully saturated rings. The first-order valence-electron chi connectivity index (χ1n) is 16.2. The molecule has 3 heterocycles. The molecule has 0 aliphatic carbocycles. The smallest absolute Gasteiger partial charge is 0.327 e. The van der Waals surface area contributed by atoms with Crippen molar-refractivity contribution < 1.29 is 26.3 Å². The lowest BCUT2D eigenvalue weighted by Gasteiger charge is -2.39. The van der Waals surface area contributed by atoms with Crippen molar-refractivity contribution in [2.75, 3.05) is 62.2 Å². The lowest BCUT2D eigenvalue weighted by atomic mass is 10.1. The van der Waals surface area contributed by atoms with Gasteiger partial charge in [0.2, 0.25) is 5.91 Å². The van der Waals surface area contributed by atoms with Gasteiger partial charge in [0, 0.05) is 45.2 Å². The van der Waals surface area contributed by atoms with Crippen LogP contribution in [0, 0.1) is 5.82 Å². The van der Waals surface area contributed by atoms with E-state index in [1.54, 1.807) is 43.3 Å². The molecule has 2 aliphatic heterocycles. The second kappa shape index (κ2) is 14.7. The predicted octanol–water partition coefficient (Wildman–Crippen LogP) is 5.42. The first-order valence-corrected chi connectivity index (χ1v) is 16.6. The van der Waals surface area contributed by atoms with E-state index >= 15 is 0 Å². The van der Waals surface area contributed by atoms with Gasteiger partial charge in [-0.2, -0.15) is 0 Å². The van der Waals surface area contributed by atoms with Crippen LogP contribution in [0.15, 0.2) is 65.5 Å². The number of halogens is 2. The first-order chi connectivity index (χ1) is 23.7. The van der Waals surface area contributed by atoms with Crippen molar-refractivity contribution in [1.82, 2.24) is 19.9 Å². The number of aromatic nitrogens is 2. The van der Waals surface area contributed by atoms with Gasteiger partial charge in [0.25, 0.3) is 5.56 Å². The SMILES string of the molecule is COc1ccc(N(C(=O)Nc2ccc(F)cc2)C(C)c2nc3cc(Cl)ccc3c(=O)n2N2CCN(C(=O)C[C@H]3CCCN3)CC2)c(OC)c1.[HH].[HH]. The number of fused-ring (bicyclic) bond motifs is 1. The Labute approximate surface area is 291 Å². The highest BCUT2D eigenvalue weighted by molar-refractivity contribution is 6.31. The number of amides is 3. The zero-order valence-corrected chi connectivity index (χ0v) is 28.4. The van der Waals surface area contributed by atoms with Crippen LogP contribution in [0.2, 0.25) is 5.02 Å². The number of ether oxygens (including phenoxy) is 2. The molecule has 0 saturated carbocycles. The minimum Gasteiger partial charge on any atom is -0.497 e. The topological polar surface area (TPSA) is 121 Å². The van der Waals surface area contributed by atoms with Crippen LogP contribution in [0.25, 0.3) is 10.9 Å². The standard InChI is InChI=1S/C35H39ClFN7O5.2H2/c1-22(43(30-13-11-27(48-2)21-31(30)49-3)35(47)39-25-9-7-24(37)8-10-25)33-40-29-19-23(36)6-12-28(29)34(46)44(33)42-17-15-41(16-18-42)32(45)20-26-5-4-14-38-26;;/h6-13,19,21-22,26,38H,4-5,14-18,20H2,1-3H3,(H,39,47);2*1H/t22?,26-;;/m1../s1. The average Bonchev–Trinajstić information content (AvgIpc) is 3.62. The van der Waals surface area contributed by atoms with Crippen molar-refractivity contribution >= 4 is 45.8 Å². The van der Waals surface area contributed by atoms with E-state index in [-0.39, 0.29) is 26.2 Å². The Balaban J connectivity index is 0.00000292. The van der Waals surface area contributed by atoms with Crippen molar-refractivity contribution in [3.05, 3.63) is 87.7 Å². The number of methoxy groups -OCH3 is 2. The third kappa shape index (κ3) is 7.27. The number of hydrogen-bond donors (Lipinski definition) is 2. The lowest BCUT2D eigenvalue weighted by Crippen LogP contribution is -2.57. The van der Waals surface area contributed by atoms with Crippen LogP contribution in [-0.2, 0) is 4.79 Å². The summed E-state index contributed by atoms with van der Waals surface area (Å²) in [5.41, 5.74) is 0.770. The van der Waals surface area contributed by atoms with Gasteiger partial charge in [-0.3, -0.25) is 14.5 Å². The Morgan fingerprint density at radius 3 is 2.51 bits per heavy atom. The molecular formula is C35H43ClFN7O5. The summed E-state index contributed by atoms with van der Waals surface area (Å²) in [5.74, 6) is 0.754. The molecule has 2 N–H and O–H groups in total. The molecule has 262 valence electrons. The Bertz CT molecular complexity index is 1900. The minimum absolute atomic E-state index is 0. The van der Waals surface area contributed by atoms with Gasteiger partial charge in [-0.15, -0.1) is 0 Å². The molecular weight excluding hydrogens is 653 g/mol. The van der Waals surface area contributed by atoms with Crippen molar-refractivity contribution in [2.45, 2.75) is 38.3 Å². The van der Waals surface area contributed by atoms with Gasteiger partial charge in [0.05, 0.1) is 49.9 Å². The molecule has 6 rings (SSSR count). The Hall–Kier alpha value is -4.88. The van der Waals surface area contributed by atoms with Crippen LogP contribution >= 0.6 is 11.6 Å². The molecule has 0 radical (unpaired) electrons. The van der Waals surface area contributed by atoms with Gasteiger partial charge >= 0.3 is 6.03 Å². The summed E-state index contributed by atoms with van der Waals surface area (Å²) >= 11 is 6.35. The number of rotatable bonds is 9. The maximum atomic E-state index is 14.3. The summed E-state index contributed by atoms with van der Waals surface area (Å²) < 4.78 is 26.3. The Morgan fingerprint density at radius 2 is 1.84 bits per heavy atom. The second-order valence-electron chi connectivity index (χ2n) is 12.1. The number of anilines is 2. The monoisotopic (exact) mass is 695 g/mol. The van der Waals surface area contributed by atoms with Crippen molar-refractivity contribution in [2.24, 2.45) is 0 Å². The van der Waals surface area contributed by atoms with Crippen molar-refractivity contribution in [3.63, 3.8) is 0 Å². The maximum absolute atomic E-state index is 14.3. The summed E-state index contributed by atoms with van der Waals surface area (Å²) in [4.78, 5) is 49.9. The summed E-state index contributed by atoms with van der Waals surface area (Å²) in [6.07, 6.45) is 2.50. The molecule has 0 bridgehead atoms. The molecule has 12 nitrogen and oxygen atoms in total. The lowest BCUT2D eigenvalue weighted by molar-refractivity contribution is -0.132. The highest BCUT2D eigenvalue weighted by atomic mass is 35.5. The average molecular weight is 696 g/mol. The third-order valence-corrected chi connectivity index (χ3v) is 9.27. The highest BCUT2D eigenvalue weighted by Gasteiger charge is 2.33. The molecule has 3 aromatic carbocycles. The largest absolute Gasteiger partial charge is 0.497 e. The van der Waals surface area contributed by atoms with Gasteiger partial charge in [-0.1, -0.05) is 11.6 Å². The van der Waals surface area contributed by atoms with E-state index in [1.165, 1.54) is 48.1 Å². The summed E-state index contributed by atoms with van der Waals surface area (Å²) in [5, 5.41) is 8.86. The zero-order valence-electron chi connectivity index (χ0n) is 27.6. The summed E-state index contributed by atoms with van der Waals surface area (Å²) in [6.45, 7) is 4.28. The van der Waals surface area contributed by atoms with Crippen molar-refractivity contribution in [3.8, 4) is 11.5 Å². The molecule has 1 aromatic heterocycles. The van der Waals surface area contributed by atoms with E-state index < -0.39 is 17.9 Å². The van der Waals surface area contributed by atoms with E-state index in [2.05, 4.69) is 10.6 Å². The molecule has 49 heavy (non-hydrogen) atoms. The van der Waals surface area contributed by atoms with Crippen molar-refractivity contribution in [1.29, 1.82) is 0 Å². The minimum atomic E-state index is -0.869. The zero-order chi connectivity index (χ0) is 34.7. The summed E-state index contributed by atoms with van der Waals surface area (Å²) in [7, 11) is 3.01. The van der Waals surface area contributed by atoms with Gasteiger partial charge in [0.1, 0.15) is 17.3 Å². The Morgan fingerprint density at radius 1 is 1.08 bits per heavy atom. The van der Waals surface area contributed by atoms with Crippen LogP contribution in [-0.4, -0.2) is 79.5 Å². The highest BCUT2D eigenvalue weighted by Crippen LogP contribution is 2.37. The van der Waals surface area contributed by atoms with Gasteiger partial charge in [-0.05, 0) is 80.9 Å².